The van der Waals surface area contributed by atoms with E-state index in [0.717, 1.165) is 0 Å². The van der Waals surface area contributed by atoms with Gasteiger partial charge >= 0.3 is 0 Å². The fraction of sp³-hybridized carbons (Fsp3) is 0.333. The first-order valence-corrected chi connectivity index (χ1v) is 4.70. The minimum atomic E-state index is -0.729. The molecule has 0 fully saturated rings. The number of aryl methyl sites for hydroxylation is 1. The molecule has 2 heteroatoms. The van der Waals surface area contributed by atoms with Crippen LogP contribution >= 0.6 is 0 Å². The van der Waals surface area contributed by atoms with Gasteiger partial charge in [-0.25, -0.2) is 4.39 Å². The molecule has 1 rings (SSSR count). The standard InChI is InChI=1S/C12H15FO/c1-3-4-8-11(14)10-7-5-6-9(2)12(10)13/h3,5-7,11,14H,1,4,8H2,2H3. The van der Waals surface area contributed by atoms with E-state index in [1.54, 1.807) is 31.2 Å². The van der Waals surface area contributed by atoms with Crippen LogP contribution in [0.15, 0.2) is 30.9 Å². The van der Waals surface area contributed by atoms with E-state index in [2.05, 4.69) is 6.58 Å². The summed E-state index contributed by atoms with van der Waals surface area (Å²) in [6.45, 7) is 5.25. The molecule has 14 heavy (non-hydrogen) atoms. The zero-order valence-corrected chi connectivity index (χ0v) is 8.33. The molecule has 1 nitrogen and oxygen atoms in total. The van der Waals surface area contributed by atoms with Crippen LogP contribution in [0.1, 0.15) is 30.1 Å². The average Bonchev–Trinajstić information content (AvgIpc) is 2.18. The van der Waals surface area contributed by atoms with Crippen LogP contribution in [0.2, 0.25) is 0 Å². The normalized spacial score (nSPS) is 12.5. The van der Waals surface area contributed by atoms with Crippen molar-refractivity contribution < 1.29 is 9.50 Å². The number of halogens is 1. The Hall–Kier alpha value is -1.15. The third kappa shape index (κ3) is 2.42. The van der Waals surface area contributed by atoms with E-state index in [9.17, 15) is 9.50 Å². The van der Waals surface area contributed by atoms with E-state index in [4.69, 9.17) is 0 Å². The lowest BCUT2D eigenvalue weighted by Crippen LogP contribution is -2.01. The molecule has 1 aromatic rings. The van der Waals surface area contributed by atoms with E-state index in [-0.39, 0.29) is 5.82 Å². The second-order valence-electron chi connectivity index (χ2n) is 3.36. The summed E-state index contributed by atoms with van der Waals surface area (Å²) >= 11 is 0. The SMILES string of the molecule is C=CCCC(O)c1cccc(C)c1F. The maximum atomic E-state index is 13.5. The molecule has 1 atom stereocenters. The third-order valence-corrected chi connectivity index (χ3v) is 2.22. The van der Waals surface area contributed by atoms with E-state index in [1.165, 1.54) is 0 Å². The second-order valence-corrected chi connectivity index (χ2v) is 3.36. The molecule has 0 aliphatic rings. The van der Waals surface area contributed by atoms with Crippen molar-refractivity contribution in [3.63, 3.8) is 0 Å². The molecule has 0 radical (unpaired) electrons. The van der Waals surface area contributed by atoms with Crippen molar-refractivity contribution in [2.75, 3.05) is 0 Å². The van der Waals surface area contributed by atoms with Crippen molar-refractivity contribution in [3.8, 4) is 0 Å². The summed E-state index contributed by atoms with van der Waals surface area (Å²) < 4.78 is 13.5. The number of benzene rings is 1. The van der Waals surface area contributed by atoms with Crippen molar-refractivity contribution in [2.45, 2.75) is 25.9 Å². The van der Waals surface area contributed by atoms with Gasteiger partial charge in [0.15, 0.2) is 0 Å². The lowest BCUT2D eigenvalue weighted by molar-refractivity contribution is 0.164. The highest BCUT2D eigenvalue weighted by Crippen LogP contribution is 2.23. The fourth-order valence-electron chi connectivity index (χ4n) is 1.36. The Morgan fingerprint density at radius 1 is 1.57 bits per heavy atom. The third-order valence-electron chi connectivity index (χ3n) is 2.22. The highest BCUT2D eigenvalue weighted by atomic mass is 19.1. The highest BCUT2D eigenvalue weighted by Gasteiger charge is 2.12. The Kier molecular flexibility index (Phi) is 3.84. The van der Waals surface area contributed by atoms with E-state index in [0.29, 0.717) is 24.0 Å². The molecule has 0 heterocycles. The number of hydrogen-bond acceptors (Lipinski definition) is 1. The quantitative estimate of drug-likeness (QED) is 0.730. The summed E-state index contributed by atoms with van der Waals surface area (Å²) in [7, 11) is 0. The van der Waals surface area contributed by atoms with Crippen LogP contribution in [0.5, 0.6) is 0 Å². The van der Waals surface area contributed by atoms with Gasteiger partial charge in [-0.2, -0.15) is 0 Å². The summed E-state index contributed by atoms with van der Waals surface area (Å²) in [5.41, 5.74) is 0.951. The van der Waals surface area contributed by atoms with Gasteiger partial charge in [-0.3, -0.25) is 0 Å². The largest absolute Gasteiger partial charge is 0.388 e. The second kappa shape index (κ2) is 4.91. The van der Waals surface area contributed by atoms with Gasteiger partial charge in [-0.15, -0.1) is 6.58 Å². The van der Waals surface area contributed by atoms with Crippen molar-refractivity contribution in [3.05, 3.63) is 47.8 Å². The first-order chi connectivity index (χ1) is 6.66. The van der Waals surface area contributed by atoms with Crippen molar-refractivity contribution in [2.24, 2.45) is 0 Å². The van der Waals surface area contributed by atoms with E-state index >= 15 is 0 Å². The average molecular weight is 194 g/mol. The van der Waals surface area contributed by atoms with Crippen molar-refractivity contribution in [1.82, 2.24) is 0 Å². The molecule has 1 unspecified atom stereocenters. The minimum absolute atomic E-state index is 0.302. The summed E-state index contributed by atoms with van der Waals surface area (Å²) in [5, 5.41) is 9.67. The maximum Gasteiger partial charge on any atom is 0.131 e. The number of aliphatic hydroxyl groups excluding tert-OH is 1. The molecule has 1 aromatic carbocycles. The summed E-state index contributed by atoms with van der Waals surface area (Å²) in [4.78, 5) is 0. The molecule has 0 spiro atoms. The highest BCUT2D eigenvalue weighted by molar-refractivity contribution is 5.26. The topological polar surface area (TPSA) is 20.2 Å². The Morgan fingerprint density at radius 2 is 2.29 bits per heavy atom. The summed E-state index contributed by atoms with van der Waals surface area (Å²) in [6, 6.07) is 5.07. The molecule has 0 bridgehead atoms. The molecule has 76 valence electrons. The van der Waals surface area contributed by atoms with Crippen LogP contribution in [0.3, 0.4) is 0 Å². The van der Waals surface area contributed by atoms with Crippen molar-refractivity contribution in [1.29, 1.82) is 0 Å². The van der Waals surface area contributed by atoms with Crippen molar-refractivity contribution >= 4 is 0 Å². The monoisotopic (exact) mass is 194 g/mol. The fourth-order valence-corrected chi connectivity index (χ4v) is 1.36. The van der Waals surface area contributed by atoms with Crippen LogP contribution in [-0.4, -0.2) is 5.11 Å². The van der Waals surface area contributed by atoms with Crippen LogP contribution < -0.4 is 0 Å². The summed E-state index contributed by atoms with van der Waals surface area (Å²) in [6.07, 6.45) is 2.20. The predicted octanol–water partition coefficient (Wildman–Crippen LogP) is 3.13. The summed E-state index contributed by atoms with van der Waals surface area (Å²) in [5.74, 6) is -0.302. The van der Waals surface area contributed by atoms with E-state index < -0.39 is 6.10 Å². The molecular weight excluding hydrogens is 179 g/mol. The smallest absolute Gasteiger partial charge is 0.131 e. The molecule has 0 aromatic heterocycles. The zero-order valence-electron chi connectivity index (χ0n) is 8.33. The number of rotatable bonds is 4. The van der Waals surface area contributed by atoms with Crippen LogP contribution in [-0.2, 0) is 0 Å². The zero-order chi connectivity index (χ0) is 10.6. The maximum absolute atomic E-state index is 13.5. The number of allylic oxidation sites excluding steroid dienone is 1. The van der Waals surface area contributed by atoms with E-state index in [1.807, 2.05) is 0 Å². The molecular formula is C12H15FO. The lowest BCUT2D eigenvalue weighted by atomic mass is 10.0. The van der Waals surface area contributed by atoms with Gasteiger partial charge in [0.05, 0.1) is 6.10 Å². The lowest BCUT2D eigenvalue weighted by Gasteiger charge is -2.11. The van der Waals surface area contributed by atoms with Crippen LogP contribution in [0.4, 0.5) is 4.39 Å². The number of aliphatic hydroxyl groups is 1. The minimum Gasteiger partial charge on any atom is -0.388 e. The Labute approximate surface area is 83.9 Å². The van der Waals surface area contributed by atoms with Gasteiger partial charge in [0, 0.05) is 5.56 Å². The number of hydrogen-bond donors (Lipinski definition) is 1. The Bertz CT molecular complexity index is 320. The van der Waals surface area contributed by atoms with Gasteiger partial charge in [0.25, 0.3) is 0 Å². The Balaban J connectivity index is 2.83. The van der Waals surface area contributed by atoms with Gasteiger partial charge < -0.3 is 5.11 Å². The molecule has 0 saturated heterocycles. The Morgan fingerprint density at radius 3 is 2.93 bits per heavy atom. The van der Waals surface area contributed by atoms with Gasteiger partial charge in [-0.05, 0) is 25.3 Å². The van der Waals surface area contributed by atoms with Gasteiger partial charge in [-0.1, -0.05) is 24.3 Å². The first kappa shape index (κ1) is 10.9. The predicted molar refractivity (Wildman–Crippen MR) is 55.5 cm³/mol. The molecule has 0 aliphatic carbocycles. The van der Waals surface area contributed by atoms with Gasteiger partial charge in [0.2, 0.25) is 0 Å². The molecule has 0 saturated carbocycles. The van der Waals surface area contributed by atoms with Crippen LogP contribution in [0, 0.1) is 12.7 Å². The first-order valence-electron chi connectivity index (χ1n) is 4.70. The molecule has 0 amide bonds. The van der Waals surface area contributed by atoms with Gasteiger partial charge in [0.1, 0.15) is 5.82 Å². The molecule has 0 aliphatic heterocycles. The van der Waals surface area contributed by atoms with Crippen LogP contribution in [0.25, 0.3) is 0 Å². The molecule has 1 N–H and O–H groups in total.